The maximum absolute atomic E-state index is 11.5. The fourth-order valence-electron chi connectivity index (χ4n) is 1.73. The molecule has 0 saturated carbocycles. The molecule has 0 saturated heterocycles. The van der Waals surface area contributed by atoms with Crippen molar-refractivity contribution >= 4 is 28.8 Å². The van der Waals surface area contributed by atoms with Gasteiger partial charge in [-0.2, -0.15) is 0 Å². The molecule has 0 unspecified atom stereocenters. The summed E-state index contributed by atoms with van der Waals surface area (Å²) in [7, 11) is 1.33. The number of aromatic nitrogens is 1. The van der Waals surface area contributed by atoms with Crippen LogP contribution in [0.4, 0.5) is 11.5 Å². The first-order valence-electron chi connectivity index (χ1n) is 6.29. The van der Waals surface area contributed by atoms with Crippen LogP contribution in [0.3, 0.4) is 0 Å². The van der Waals surface area contributed by atoms with Crippen LogP contribution < -0.4 is 11.1 Å². The minimum Gasteiger partial charge on any atom is -0.465 e. The largest absolute Gasteiger partial charge is 0.465 e. The number of hydrogen-bond donors (Lipinski definition) is 2. The Morgan fingerprint density at radius 2 is 2.20 bits per heavy atom. The summed E-state index contributed by atoms with van der Waals surface area (Å²) >= 11 is 1.76. The number of aryl methyl sites for hydroxylation is 1. The zero-order valence-electron chi connectivity index (χ0n) is 11.5. The fraction of sp³-hybridized carbons (Fsp3) is 0.286. The van der Waals surface area contributed by atoms with Crippen LogP contribution in [0.15, 0.2) is 24.4 Å². The van der Waals surface area contributed by atoms with Gasteiger partial charge in [-0.3, -0.25) is 0 Å². The number of nitrogen functional groups attached to an aromatic ring is 1. The Bertz CT molecular complexity index is 610. The van der Waals surface area contributed by atoms with Crippen molar-refractivity contribution in [2.24, 2.45) is 0 Å². The number of carbonyl (C=O) groups excluding carboxylic acids is 1. The lowest BCUT2D eigenvalue weighted by molar-refractivity contribution is 0.0602. The lowest BCUT2D eigenvalue weighted by atomic mass is 10.2. The molecular weight excluding hydrogens is 274 g/mol. The third-order valence-electron chi connectivity index (χ3n) is 2.85. The SMILES string of the molecule is CCc1ccc(CNc2cc(C(=O)OC)c(N)cn2)s1. The molecule has 5 nitrogen and oxygen atoms in total. The number of nitrogens with zero attached hydrogens (tertiary/aromatic N) is 1. The monoisotopic (exact) mass is 291 g/mol. The number of methoxy groups -OCH3 is 1. The van der Waals surface area contributed by atoms with Crippen LogP contribution in [0, 0.1) is 0 Å². The number of carbonyl (C=O) groups is 1. The van der Waals surface area contributed by atoms with E-state index in [0.29, 0.717) is 23.6 Å². The first-order chi connectivity index (χ1) is 9.63. The van der Waals surface area contributed by atoms with E-state index in [4.69, 9.17) is 5.73 Å². The van der Waals surface area contributed by atoms with E-state index in [0.717, 1.165) is 6.42 Å². The van der Waals surface area contributed by atoms with Gasteiger partial charge >= 0.3 is 5.97 Å². The van der Waals surface area contributed by atoms with Gasteiger partial charge in [0.05, 0.1) is 31.1 Å². The van der Waals surface area contributed by atoms with Crippen molar-refractivity contribution in [1.29, 1.82) is 0 Å². The van der Waals surface area contributed by atoms with Crippen LogP contribution >= 0.6 is 11.3 Å². The van der Waals surface area contributed by atoms with Crippen molar-refractivity contribution in [3.05, 3.63) is 39.7 Å². The Balaban J connectivity index is 2.08. The summed E-state index contributed by atoms with van der Waals surface area (Å²) in [4.78, 5) is 18.3. The highest BCUT2D eigenvalue weighted by Gasteiger charge is 2.11. The topological polar surface area (TPSA) is 77.2 Å². The van der Waals surface area contributed by atoms with Crippen molar-refractivity contribution in [3.63, 3.8) is 0 Å². The molecule has 0 radical (unpaired) electrons. The molecular formula is C14H17N3O2S. The Kier molecular flexibility index (Phi) is 4.57. The van der Waals surface area contributed by atoms with E-state index in [-0.39, 0.29) is 0 Å². The Hall–Kier alpha value is -2.08. The molecule has 2 aromatic heterocycles. The quantitative estimate of drug-likeness (QED) is 0.828. The van der Waals surface area contributed by atoms with Crippen LogP contribution in [0.25, 0.3) is 0 Å². The summed E-state index contributed by atoms with van der Waals surface area (Å²) < 4.78 is 4.68. The summed E-state index contributed by atoms with van der Waals surface area (Å²) in [5.74, 6) is 0.142. The number of hydrogen-bond acceptors (Lipinski definition) is 6. The highest BCUT2D eigenvalue weighted by molar-refractivity contribution is 7.12. The second-order valence-corrected chi connectivity index (χ2v) is 5.48. The average molecular weight is 291 g/mol. The molecule has 2 aromatic rings. The van der Waals surface area contributed by atoms with Gasteiger partial charge in [0.25, 0.3) is 0 Å². The van der Waals surface area contributed by atoms with E-state index >= 15 is 0 Å². The molecule has 0 aliphatic heterocycles. The van der Waals surface area contributed by atoms with E-state index < -0.39 is 5.97 Å². The Morgan fingerprint density at radius 1 is 1.45 bits per heavy atom. The Morgan fingerprint density at radius 3 is 2.85 bits per heavy atom. The van der Waals surface area contributed by atoms with Crippen LogP contribution in [0.2, 0.25) is 0 Å². The van der Waals surface area contributed by atoms with Gasteiger partial charge in [-0.05, 0) is 24.6 Å². The smallest absolute Gasteiger partial charge is 0.340 e. The van der Waals surface area contributed by atoms with Gasteiger partial charge in [0.2, 0.25) is 0 Å². The maximum Gasteiger partial charge on any atom is 0.340 e. The zero-order valence-corrected chi connectivity index (χ0v) is 12.3. The van der Waals surface area contributed by atoms with Crippen LogP contribution in [0.1, 0.15) is 27.0 Å². The minimum absolute atomic E-state index is 0.312. The molecule has 0 aromatic carbocycles. The van der Waals surface area contributed by atoms with Gasteiger partial charge in [-0.15, -0.1) is 11.3 Å². The van der Waals surface area contributed by atoms with Gasteiger partial charge in [0.1, 0.15) is 5.82 Å². The first-order valence-corrected chi connectivity index (χ1v) is 7.11. The predicted molar refractivity (Wildman–Crippen MR) is 81.0 cm³/mol. The van der Waals surface area contributed by atoms with E-state index in [1.807, 2.05) is 0 Å². The molecule has 2 heterocycles. The third-order valence-corrected chi connectivity index (χ3v) is 4.08. The normalized spacial score (nSPS) is 10.3. The molecule has 2 rings (SSSR count). The number of pyridine rings is 1. The van der Waals surface area contributed by atoms with E-state index in [9.17, 15) is 4.79 Å². The van der Waals surface area contributed by atoms with Crippen molar-refractivity contribution in [2.75, 3.05) is 18.2 Å². The summed E-state index contributed by atoms with van der Waals surface area (Å²) in [6.07, 6.45) is 2.50. The van der Waals surface area contributed by atoms with Crippen molar-refractivity contribution in [3.8, 4) is 0 Å². The number of nitrogens with two attached hydrogens (primary N) is 1. The third kappa shape index (κ3) is 3.27. The molecule has 106 valence electrons. The van der Waals surface area contributed by atoms with Crippen molar-refractivity contribution in [2.45, 2.75) is 19.9 Å². The molecule has 3 N–H and O–H groups in total. The average Bonchev–Trinajstić information content (AvgIpc) is 2.93. The van der Waals surface area contributed by atoms with Gasteiger partial charge in [0, 0.05) is 9.75 Å². The highest BCUT2D eigenvalue weighted by atomic mass is 32.1. The second-order valence-electron chi connectivity index (χ2n) is 4.22. The standard InChI is InChI=1S/C14H17N3O2S/c1-3-9-4-5-10(20-9)7-16-13-6-11(14(18)19-2)12(15)8-17-13/h4-6,8H,3,7,15H2,1-2H3,(H,16,17). The summed E-state index contributed by atoms with van der Waals surface area (Å²) in [6, 6.07) is 5.82. The number of anilines is 2. The summed E-state index contributed by atoms with van der Waals surface area (Å²) in [6.45, 7) is 2.80. The van der Waals surface area contributed by atoms with Crippen LogP contribution in [-0.4, -0.2) is 18.1 Å². The van der Waals surface area contributed by atoms with E-state index in [1.165, 1.54) is 23.1 Å². The van der Waals surface area contributed by atoms with Gasteiger partial charge in [0.15, 0.2) is 0 Å². The number of nitrogens with one attached hydrogen (secondary N) is 1. The zero-order chi connectivity index (χ0) is 14.5. The van der Waals surface area contributed by atoms with Crippen molar-refractivity contribution < 1.29 is 9.53 Å². The fourth-order valence-corrected chi connectivity index (χ4v) is 2.63. The van der Waals surface area contributed by atoms with Crippen LogP contribution in [-0.2, 0) is 17.7 Å². The molecule has 0 aliphatic carbocycles. The lowest BCUT2D eigenvalue weighted by Gasteiger charge is -2.07. The van der Waals surface area contributed by atoms with Crippen molar-refractivity contribution in [1.82, 2.24) is 4.98 Å². The molecule has 0 aliphatic rings. The first kappa shape index (κ1) is 14.3. The van der Waals surface area contributed by atoms with Crippen LogP contribution in [0.5, 0.6) is 0 Å². The number of thiophene rings is 1. The molecule has 0 amide bonds. The highest BCUT2D eigenvalue weighted by Crippen LogP contribution is 2.20. The number of rotatable bonds is 5. The number of esters is 1. The van der Waals surface area contributed by atoms with Gasteiger partial charge < -0.3 is 15.8 Å². The van der Waals surface area contributed by atoms with E-state index in [1.54, 1.807) is 17.4 Å². The molecule has 0 bridgehead atoms. The summed E-state index contributed by atoms with van der Waals surface area (Å²) in [5, 5.41) is 3.18. The van der Waals surface area contributed by atoms with Gasteiger partial charge in [-0.1, -0.05) is 6.92 Å². The van der Waals surface area contributed by atoms with Gasteiger partial charge in [-0.25, -0.2) is 9.78 Å². The lowest BCUT2D eigenvalue weighted by Crippen LogP contribution is -2.08. The molecule has 0 spiro atoms. The minimum atomic E-state index is -0.461. The maximum atomic E-state index is 11.5. The summed E-state index contributed by atoms with van der Waals surface area (Å²) in [5.41, 5.74) is 6.34. The molecule has 20 heavy (non-hydrogen) atoms. The molecule has 0 fully saturated rings. The van der Waals surface area contributed by atoms with E-state index in [2.05, 4.69) is 34.1 Å². The predicted octanol–water partition coefficient (Wildman–Crippen LogP) is 2.69. The molecule has 0 atom stereocenters. The second kappa shape index (κ2) is 6.38. The number of ether oxygens (including phenoxy) is 1. The Labute approximate surface area is 121 Å². The molecule has 6 heteroatoms.